The second-order valence-corrected chi connectivity index (χ2v) is 11.2. The number of fused-ring (bicyclic) bond motifs is 1. The summed E-state index contributed by atoms with van der Waals surface area (Å²) in [5.74, 6) is 1.88. The molecule has 39 heavy (non-hydrogen) atoms. The van der Waals surface area contributed by atoms with Crippen molar-refractivity contribution in [2.45, 2.75) is 70.6 Å². The highest BCUT2D eigenvalue weighted by molar-refractivity contribution is 5.76. The van der Waals surface area contributed by atoms with Crippen molar-refractivity contribution in [2.24, 2.45) is 11.7 Å². The van der Waals surface area contributed by atoms with Gasteiger partial charge in [-0.05, 0) is 42.7 Å². The molecule has 1 aliphatic carbocycles. The van der Waals surface area contributed by atoms with E-state index in [2.05, 4.69) is 39.0 Å². The number of nitrogens with two attached hydrogens (primary N) is 1. The Labute approximate surface area is 229 Å². The van der Waals surface area contributed by atoms with Crippen LogP contribution in [0.3, 0.4) is 0 Å². The molecule has 1 saturated heterocycles. The first-order valence-electron chi connectivity index (χ1n) is 14.5. The molecule has 1 saturated carbocycles. The Bertz CT molecular complexity index is 1440. The van der Waals surface area contributed by atoms with Crippen LogP contribution in [0.25, 0.3) is 11.2 Å². The topological polar surface area (TPSA) is 94.0 Å². The van der Waals surface area contributed by atoms with Crippen LogP contribution < -0.4 is 21.5 Å². The van der Waals surface area contributed by atoms with Crippen LogP contribution >= 0.6 is 0 Å². The van der Waals surface area contributed by atoms with E-state index in [0.717, 1.165) is 55.8 Å². The largest absolute Gasteiger partial charge is 0.351 e. The molecule has 0 spiro atoms. The number of hydrogen-bond donors (Lipinski definition) is 2. The number of hydrogen-bond acceptors (Lipinski definition) is 6. The molecule has 204 valence electrons. The molecule has 8 heteroatoms. The summed E-state index contributed by atoms with van der Waals surface area (Å²) in [5.41, 5.74) is 9.70. The molecule has 6 rings (SSSR count). The minimum absolute atomic E-state index is 0.0166. The molecule has 3 N–H and O–H groups in total. The van der Waals surface area contributed by atoms with Crippen molar-refractivity contribution in [3.8, 4) is 0 Å². The van der Waals surface area contributed by atoms with Crippen LogP contribution in [0, 0.1) is 5.92 Å². The summed E-state index contributed by atoms with van der Waals surface area (Å²) in [6, 6.07) is 20.6. The predicted molar refractivity (Wildman–Crippen MR) is 157 cm³/mol. The van der Waals surface area contributed by atoms with Gasteiger partial charge in [0, 0.05) is 32.2 Å². The fourth-order valence-electron chi connectivity index (χ4n) is 6.16. The molecular weight excluding hydrogens is 486 g/mol. The number of nitrogens with one attached hydrogen (secondary N) is 1. The first-order valence-corrected chi connectivity index (χ1v) is 14.5. The van der Waals surface area contributed by atoms with Crippen molar-refractivity contribution < 1.29 is 0 Å². The lowest BCUT2D eigenvalue weighted by molar-refractivity contribution is 0.317. The SMILES string of the molecule is NC1CCCN(c2nc3nc(NCc4ccccc4)n(CC4CCCCC4)c(=O)c3n2Cc2ccccc2)C1. The molecule has 0 bridgehead atoms. The fraction of sp³-hybridized carbons (Fsp3) is 0.452. The van der Waals surface area contributed by atoms with E-state index in [1.165, 1.54) is 19.3 Å². The molecule has 4 aromatic rings. The Balaban J connectivity index is 1.46. The zero-order valence-corrected chi connectivity index (χ0v) is 22.6. The third kappa shape index (κ3) is 5.71. The maximum Gasteiger partial charge on any atom is 0.281 e. The molecule has 2 fully saturated rings. The van der Waals surface area contributed by atoms with Gasteiger partial charge in [0.15, 0.2) is 11.2 Å². The van der Waals surface area contributed by atoms with Crippen molar-refractivity contribution in [3.05, 3.63) is 82.1 Å². The van der Waals surface area contributed by atoms with Crippen LogP contribution in [0.1, 0.15) is 56.1 Å². The van der Waals surface area contributed by atoms with Gasteiger partial charge in [-0.25, -0.2) is 0 Å². The average molecular weight is 526 g/mol. The number of rotatable bonds is 8. The second-order valence-electron chi connectivity index (χ2n) is 11.2. The zero-order chi connectivity index (χ0) is 26.6. The third-order valence-corrected chi connectivity index (χ3v) is 8.23. The van der Waals surface area contributed by atoms with Gasteiger partial charge >= 0.3 is 0 Å². The van der Waals surface area contributed by atoms with Gasteiger partial charge in [0.05, 0.1) is 6.54 Å². The smallest absolute Gasteiger partial charge is 0.281 e. The van der Waals surface area contributed by atoms with Crippen LogP contribution in [-0.4, -0.2) is 38.2 Å². The Hall–Kier alpha value is -3.65. The number of anilines is 2. The Kier molecular flexibility index (Phi) is 7.63. The number of benzene rings is 2. The number of imidazole rings is 1. The number of piperidine rings is 1. The number of aromatic nitrogens is 4. The average Bonchev–Trinajstić information content (AvgIpc) is 3.33. The van der Waals surface area contributed by atoms with Crippen LogP contribution in [0.5, 0.6) is 0 Å². The molecule has 8 nitrogen and oxygen atoms in total. The van der Waals surface area contributed by atoms with E-state index in [-0.39, 0.29) is 11.6 Å². The van der Waals surface area contributed by atoms with Crippen molar-refractivity contribution in [3.63, 3.8) is 0 Å². The van der Waals surface area contributed by atoms with Crippen LogP contribution in [0.15, 0.2) is 65.5 Å². The van der Waals surface area contributed by atoms with E-state index in [0.29, 0.717) is 42.7 Å². The maximum atomic E-state index is 14.4. The Morgan fingerprint density at radius 2 is 1.56 bits per heavy atom. The van der Waals surface area contributed by atoms with Crippen molar-refractivity contribution in [2.75, 3.05) is 23.3 Å². The normalized spacial score (nSPS) is 18.5. The van der Waals surface area contributed by atoms with Gasteiger partial charge in [-0.15, -0.1) is 0 Å². The summed E-state index contributed by atoms with van der Waals surface area (Å²) in [4.78, 5) is 26.6. The molecule has 3 heterocycles. The maximum absolute atomic E-state index is 14.4. The molecule has 1 unspecified atom stereocenters. The highest BCUT2D eigenvalue weighted by Crippen LogP contribution is 2.28. The van der Waals surface area contributed by atoms with Gasteiger partial charge in [-0.2, -0.15) is 9.97 Å². The van der Waals surface area contributed by atoms with Crippen LogP contribution in [-0.2, 0) is 19.6 Å². The summed E-state index contributed by atoms with van der Waals surface area (Å²) in [5, 5.41) is 3.49. The van der Waals surface area contributed by atoms with Crippen molar-refractivity contribution in [1.29, 1.82) is 0 Å². The van der Waals surface area contributed by atoms with E-state index in [4.69, 9.17) is 15.7 Å². The summed E-state index contributed by atoms with van der Waals surface area (Å²) < 4.78 is 3.96. The Morgan fingerprint density at radius 3 is 2.28 bits per heavy atom. The second kappa shape index (κ2) is 11.6. The highest BCUT2D eigenvalue weighted by atomic mass is 16.1. The quantitative estimate of drug-likeness (QED) is 0.345. The minimum atomic E-state index is -0.0166. The summed E-state index contributed by atoms with van der Waals surface area (Å²) in [6.45, 7) is 3.45. The first-order chi connectivity index (χ1) is 19.2. The monoisotopic (exact) mass is 525 g/mol. The van der Waals surface area contributed by atoms with E-state index >= 15 is 0 Å². The molecule has 2 aliphatic rings. The summed E-state index contributed by atoms with van der Waals surface area (Å²) in [6.07, 6.45) is 8.08. The summed E-state index contributed by atoms with van der Waals surface area (Å²) in [7, 11) is 0. The lowest BCUT2D eigenvalue weighted by Gasteiger charge is -2.31. The van der Waals surface area contributed by atoms with E-state index < -0.39 is 0 Å². The minimum Gasteiger partial charge on any atom is -0.351 e. The Morgan fingerprint density at radius 1 is 0.846 bits per heavy atom. The lowest BCUT2D eigenvalue weighted by atomic mass is 9.89. The van der Waals surface area contributed by atoms with Gasteiger partial charge in [-0.3, -0.25) is 13.9 Å². The first kappa shape index (κ1) is 25.6. The number of nitrogens with zero attached hydrogens (tertiary/aromatic N) is 5. The molecule has 0 amide bonds. The van der Waals surface area contributed by atoms with E-state index in [9.17, 15) is 4.79 Å². The molecule has 2 aromatic carbocycles. The van der Waals surface area contributed by atoms with E-state index in [1.54, 1.807) is 0 Å². The molecule has 1 aliphatic heterocycles. The van der Waals surface area contributed by atoms with Crippen LogP contribution in [0.2, 0.25) is 0 Å². The molecule has 2 aromatic heterocycles. The van der Waals surface area contributed by atoms with Crippen molar-refractivity contribution >= 4 is 23.1 Å². The van der Waals surface area contributed by atoms with Gasteiger partial charge in [0.25, 0.3) is 5.56 Å². The van der Waals surface area contributed by atoms with Gasteiger partial charge < -0.3 is 16.0 Å². The van der Waals surface area contributed by atoms with E-state index in [1.807, 2.05) is 41.0 Å². The highest BCUT2D eigenvalue weighted by Gasteiger charge is 2.27. The van der Waals surface area contributed by atoms with Gasteiger partial charge in [0.2, 0.25) is 11.9 Å². The summed E-state index contributed by atoms with van der Waals surface area (Å²) >= 11 is 0. The van der Waals surface area contributed by atoms with Crippen molar-refractivity contribution in [1.82, 2.24) is 19.1 Å². The standard InChI is InChI=1S/C31H39N7O/c32-26-17-10-18-36(22-26)31-35-28-27(37(31)20-24-13-6-2-7-14-24)29(39)38(21-25-15-8-3-9-16-25)30(34-28)33-19-23-11-4-1-5-12-23/h1-2,4-7,11-14,25-26H,3,8-10,15-22,32H2,(H,33,34). The van der Waals surface area contributed by atoms with Gasteiger partial charge in [-0.1, -0.05) is 79.9 Å². The predicted octanol–water partition coefficient (Wildman–Crippen LogP) is 4.76. The van der Waals surface area contributed by atoms with Gasteiger partial charge in [0.1, 0.15) is 0 Å². The molecular formula is C31H39N7O. The van der Waals surface area contributed by atoms with Crippen LogP contribution in [0.4, 0.5) is 11.9 Å². The fourth-order valence-corrected chi connectivity index (χ4v) is 6.16. The lowest BCUT2D eigenvalue weighted by Crippen LogP contribution is -2.44. The third-order valence-electron chi connectivity index (χ3n) is 8.23. The molecule has 1 atom stereocenters. The molecule has 0 radical (unpaired) electrons. The zero-order valence-electron chi connectivity index (χ0n) is 22.6.